The highest BCUT2D eigenvalue weighted by Crippen LogP contribution is 2.15. The summed E-state index contributed by atoms with van der Waals surface area (Å²) in [7, 11) is 0. The molecule has 0 fully saturated rings. The number of nitrogens with zero attached hydrogens (tertiary/aromatic N) is 3. The average Bonchev–Trinajstić information content (AvgIpc) is 3.10. The van der Waals surface area contributed by atoms with E-state index in [0.717, 1.165) is 38.0 Å². The maximum absolute atomic E-state index is 12.4. The molecule has 0 saturated carbocycles. The van der Waals surface area contributed by atoms with Gasteiger partial charge in [0.25, 0.3) is 5.91 Å². The van der Waals surface area contributed by atoms with E-state index in [1.54, 1.807) is 12.1 Å². The number of nitrogens with one attached hydrogen (secondary N) is 1. The van der Waals surface area contributed by atoms with E-state index < -0.39 is 0 Å². The van der Waals surface area contributed by atoms with Gasteiger partial charge in [-0.25, -0.2) is 0 Å². The Morgan fingerprint density at radius 2 is 1.88 bits per heavy atom. The molecule has 1 aromatic heterocycles. The van der Waals surface area contributed by atoms with Gasteiger partial charge in [-0.15, -0.1) is 0 Å². The highest BCUT2D eigenvalue weighted by molar-refractivity contribution is 5.94. The van der Waals surface area contributed by atoms with Crippen LogP contribution in [0.5, 0.6) is 0 Å². The van der Waals surface area contributed by atoms with Crippen molar-refractivity contribution >= 4 is 5.91 Å². The lowest BCUT2D eigenvalue weighted by molar-refractivity contribution is 0.0929. The molecule has 0 aliphatic carbocycles. The van der Waals surface area contributed by atoms with Crippen LogP contribution in [0.25, 0.3) is 11.4 Å². The second kappa shape index (κ2) is 9.17. The van der Waals surface area contributed by atoms with Crippen LogP contribution in [0.3, 0.4) is 0 Å². The summed E-state index contributed by atoms with van der Waals surface area (Å²) in [6.45, 7) is 9.40. The Bertz CT molecular complexity index is 604. The lowest BCUT2D eigenvalue weighted by Gasteiger charge is -2.25. The quantitative estimate of drug-likeness (QED) is 0.765. The van der Waals surface area contributed by atoms with Crippen molar-refractivity contribution < 1.29 is 9.32 Å². The molecule has 2 aromatic rings. The predicted molar refractivity (Wildman–Crippen MR) is 93.7 cm³/mol. The summed E-state index contributed by atoms with van der Waals surface area (Å²) >= 11 is 0. The van der Waals surface area contributed by atoms with Gasteiger partial charge >= 0.3 is 0 Å². The zero-order valence-corrected chi connectivity index (χ0v) is 14.7. The maximum Gasteiger partial charge on any atom is 0.251 e. The van der Waals surface area contributed by atoms with Crippen LogP contribution in [0, 0.1) is 0 Å². The molecule has 130 valence electrons. The number of aromatic nitrogens is 2. The molecule has 6 heteroatoms. The number of benzene rings is 1. The predicted octanol–water partition coefficient (Wildman–Crippen LogP) is 2.98. The molecule has 1 N–H and O–H groups in total. The van der Waals surface area contributed by atoms with Crippen molar-refractivity contribution in [3.63, 3.8) is 0 Å². The van der Waals surface area contributed by atoms with E-state index in [0.29, 0.717) is 11.4 Å². The molecule has 0 radical (unpaired) electrons. The van der Waals surface area contributed by atoms with Crippen molar-refractivity contribution in [1.82, 2.24) is 20.4 Å². The van der Waals surface area contributed by atoms with Crippen LogP contribution in [0.15, 0.2) is 35.2 Å². The Balaban J connectivity index is 1.91. The van der Waals surface area contributed by atoms with Crippen LogP contribution in [0.4, 0.5) is 0 Å². The first-order valence-electron chi connectivity index (χ1n) is 8.54. The van der Waals surface area contributed by atoms with Gasteiger partial charge in [0.1, 0.15) is 0 Å². The second-order valence-corrected chi connectivity index (χ2v) is 6.01. The number of carbonyl (C=O) groups is 1. The summed E-state index contributed by atoms with van der Waals surface area (Å²) in [6.07, 6.45) is 3.53. The first-order chi connectivity index (χ1) is 11.6. The highest BCUT2D eigenvalue weighted by atomic mass is 16.5. The van der Waals surface area contributed by atoms with E-state index in [-0.39, 0.29) is 11.9 Å². The van der Waals surface area contributed by atoms with Crippen LogP contribution >= 0.6 is 0 Å². The summed E-state index contributed by atoms with van der Waals surface area (Å²) in [5.41, 5.74) is 1.46. The smallest absolute Gasteiger partial charge is 0.251 e. The molecule has 24 heavy (non-hydrogen) atoms. The molecule has 0 unspecified atom stereocenters. The molecule has 0 aliphatic rings. The van der Waals surface area contributed by atoms with Gasteiger partial charge in [-0.3, -0.25) is 4.79 Å². The summed E-state index contributed by atoms with van der Waals surface area (Å²) in [6, 6.07) is 7.32. The van der Waals surface area contributed by atoms with Gasteiger partial charge in [0.15, 0.2) is 0 Å². The fourth-order valence-electron chi connectivity index (χ4n) is 2.74. The first kappa shape index (κ1) is 18.1. The van der Waals surface area contributed by atoms with Gasteiger partial charge in [0, 0.05) is 23.7 Å². The van der Waals surface area contributed by atoms with Gasteiger partial charge in [0.2, 0.25) is 12.2 Å². The Labute approximate surface area is 143 Å². The minimum atomic E-state index is -0.0601. The normalized spacial score (nSPS) is 12.3. The number of hydrogen-bond acceptors (Lipinski definition) is 5. The maximum atomic E-state index is 12.4. The molecule has 0 aliphatic heterocycles. The fourth-order valence-corrected chi connectivity index (χ4v) is 2.74. The Morgan fingerprint density at radius 3 is 2.42 bits per heavy atom. The van der Waals surface area contributed by atoms with Gasteiger partial charge in [-0.1, -0.05) is 31.1 Å². The van der Waals surface area contributed by atoms with Crippen molar-refractivity contribution in [2.24, 2.45) is 0 Å². The van der Waals surface area contributed by atoms with Gasteiger partial charge in [-0.05, 0) is 45.0 Å². The van der Waals surface area contributed by atoms with Crippen molar-refractivity contribution in [3.8, 4) is 11.4 Å². The monoisotopic (exact) mass is 330 g/mol. The lowest BCUT2D eigenvalue weighted by Crippen LogP contribution is -2.42. The minimum Gasteiger partial charge on any atom is -0.348 e. The van der Waals surface area contributed by atoms with E-state index in [1.165, 1.54) is 6.39 Å². The molecular formula is C18H26N4O2. The standard InChI is InChI=1S/C18H26N4O2/c1-4-10-22(11-5-2)12-14(3)20-18(23)16-8-6-15(7-9-16)17-19-13-24-21-17/h6-9,13-14H,4-5,10-12H2,1-3H3,(H,20,23)/t14-/m1/s1. The van der Waals surface area contributed by atoms with Crippen molar-refractivity contribution in [2.45, 2.75) is 39.7 Å². The van der Waals surface area contributed by atoms with E-state index in [4.69, 9.17) is 4.52 Å². The molecule has 0 saturated heterocycles. The molecule has 1 amide bonds. The van der Waals surface area contributed by atoms with E-state index >= 15 is 0 Å². The highest BCUT2D eigenvalue weighted by Gasteiger charge is 2.13. The van der Waals surface area contributed by atoms with Crippen LogP contribution in [0.1, 0.15) is 44.0 Å². The number of rotatable bonds is 9. The topological polar surface area (TPSA) is 71.3 Å². The second-order valence-electron chi connectivity index (χ2n) is 6.01. The lowest BCUT2D eigenvalue weighted by atomic mass is 10.1. The van der Waals surface area contributed by atoms with Crippen LogP contribution < -0.4 is 5.32 Å². The third kappa shape index (κ3) is 5.16. The third-order valence-corrected chi connectivity index (χ3v) is 3.76. The number of amides is 1. The third-order valence-electron chi connectivity index (χ3n) is 3.76. The largest absolute Gasteiger partial charge is 0.348 e. The van der Waals surface area contributed by atoms with E-state index in [1.807, 2.05) is 19.1 Å². The molecule has 1 atom stereocenters. The number of hydrogen-bond donors (Lipinski definition) is 1. The Morgan fingerprint density at radius 1 is 1.21 bits per heavy atom. The van der Waals surface area contributed by atoms with Crippen molar-refractivity contribution in [3.05, 3.63) is 36.2 Å². The van der Waals surface area contributed by atoms with Gasteiger partial charge in [0.05, 0.1) is 0 Å². The number of carbonyl (C=O) groups excluding carboxylic acids is 1. The first-order valence-corrected chi connectivity index (χ1v) is 8.54. The zero-order valence-electron chi connectivity index (χ0n) is 14.7. The molecule has 0 bridgehead atoms. The van der Waals surface area contributed by atoms with Crippen molar-refractivity contribution in [2.75, 3.05) is 19.6 Å². The fraction of sp³-hybridized carbons (Fsp3) is 0.500. The molecular weight excluding hydrogens is 304 g/mol. The Kier molecular flexibility index (Phi) is 6.93. The molecule has 0 spiro atoms. The Hall–Kier alpha value is -2.21. The molecule has 1 aromatic carbocycles. The van der Waals surface area contributed by atoms with Crippen LogP contribution in [-0.4, -0.2) is 46.6 Å². The summed E-state index contributed by atoms with van der Waals surface area (Å²) in [4.78, 5) is 18.8. The van der Waals surface area contributed by atoms with Crippen LogP contribution in [0.2, 0.25) is 0 Å². The summed E-state index contributed by atoms with van der Waals surface area (Å²) in [5.74, 6) is 0.459. The average molecular weight is 330 g/mol. The summed E-state index contributed by atoms with van der Waals surface area (Å²) in [5, 5.41) is 6.85. The zero-order chi connectivity index (χ0) is 17.4. The minimum absolute atomic E-state index is 0.0601. The van der Waals surface area contributed by atoms with Crippen molar-refractivity contribution in [1.29, 1.82) is 0 Å². The molecule has 1 heterocycles. The van der Waals surface area contributed by atoms with Crippen LogP contribution in [-0.2, 0) is 0 Å². The molecule has 6 nitrogen and oxygen atoms in total. The van der Waals surface area contributed by atoms with E-state index in [2.05, 4.69) is 34.2 Å². The van der Waals surface area contributed by atoms with Gasteiger partial charge < -0.3 is 14.7 Å². The SMILES string of the molecule is CCCN(CCC)C[C@@H](C)NC(=O)c1ccc(-c2ncon2)cc1. The van der Waals surface area contributed by atoms with E-state index in [9.17, 15) is 4.79 Å². The summed E-state index contributed by atoms with van der Waals surface area (Å²) < 4.78 is 4.73. The van der Waals surface area contributed by atoms with Gasteiger partial charge in [-0.2, -0.15) is 4.98 Å². The molecule has 2 rings (SSSR count).